The summed E-state index contributed by atoms with van der Waals surface area (Å²) in [7, 11) is 0. The minimum absolute atomic E-state index is 0.278. The van der Waals surface area contributed by atoms with Gasteiger partial charge in [0.1, 0.15) is 12.1 Å². The molecule has 16 heavy (non-hydrogen) atoms. The van der Waals surface area contributed by atoms with E-state index < -0.39 is 0 Å². The summed E-state index contributed by atoms with van der Waals surface area (Å²) in [5.41, 5.74) is 1.17. The van der Waals surface area contributed by atoms with Crippen LogP contribution in [-0.2, 0) is 0 Å². The van der Waals surface area contributed by atoms with Gasteiger partial charge >= 0.3 is 0 Å². The Morgan fingerprint density at radius 1 is 1.19 bits per heavy atom. The van der Waals surface area contributed by atoms with E-state index in [1.54, 1.807) is 19.1 Å². The highest BCUT2D eigenvalue weighted by Gasteiger charge is 2.10. The van der Waals surface area contributed by atoms with E-state index in [9.17, 15) is 9.18 Å². The van der Waals surface area contributed by atoms with Crippen LogP contribution in [0.2, 0.25) is 0 Å². The average Bonchev–Trinajstić information content (AvgIpc) is 2.33. The van der Waals surface area contributed by atoms with Crippen molar-refractivity contribution in [3.63, 3.8) is 0 Å². The van der Waals surface area contributed by atoms with Gasteiger partial charge in [0.15, 0.2) is 5.78 Å². The molecule has 1 aromatic carbocycles. The van der Waals surface area contributed by atoms with Crippen LogP contribution < -0.4 is 0 Å². The van der Waals surface area contributed by atoms with Crippen LogP contribution >= 0.6 is 0 Å². The lowest BCUT2D eigenvalue weighted by Crippen LogP contribution is -2.03. The van der Waals surface area contributed by atoms with Gasteiger partial charge in [0.25, 0.3) is 0 Å². The van der Waals surface area contributed by atoms with E-state index in [1.807, 2.05) is 0 Å². The Balaban J connectivity index is 2.39. The third-order valence-corrected chi connectivity index (χ3v) is 2.26. The summed E-state index contributed by atoms with van der Waals surface area (Å²) in [6.45, 7) is 1.65. The molecule has 0 aliphatic rings. The molecule has 4 heteroatoms. The zero-order chi connectivity index (χ0) is 11.5. The molecule has 0 spiro atoms. The van der Waals surface area contributed by atoms with Gasteiger partial charge in [-0.15, -0.1) is 0 Å². The Hall–Kier alpha value is -2.10. The van der Waals surface area contributed by atoms with Crippen molar-refractivity contribution in [3.05, 3.63) is 59.4 Å². The van der Waals surface area contributed by atoms with Crippen molar-refractivity contribution in [1.82, 2.24) is 9.97 Å². The van der Waals surface area contributed by atoms with Gasteiger partial charge in [0.05, 0.1) is 5.56 Å². The first kappa shape index (κ1) is 10.4. The van der Waals surface area contributed by atoms with Gasteiger partial charge in [-0.25, -0.2) is 14.4 Å². The number of aromatic nitrogens is 2. The topological polar surface area (TPSA) is 42.9 Å². The number of rotatable bonds is 2. The zero-order valence-electron chi connectivity index (χ0n) is 8.64. The second-order valence-corrected chi connectivity index (χ2v) is 3.42. The van der Waals surface area contributed by atoms with Crippen molar-refractivity contribution < 1.29 is 9.18 Å². The summed E-state index contributed by atoms with van der Waals surface area (Å²) in [5, 5.41) is 0. The Kier molecular flexibility index (Phi) is 2.72. The van der Waals surface area contributed by atoms with Gasteiger partial charge in [0, 0.05) is 18.0 Å². The average molecular weight is 216 g/mol. The van der Waals surface area contributed by atoms with E-state index in [0.717, 1.165) is 0 Å². The van der Waals surface area contributed by atoms with Crippen molar-refractivity contribution in [2.24, 2.45) is 0 Å². The van der Waals surface area contributed by atoms with Gasteiger partial charge in [-0.05, 0) is 18.6 Å². The summed E-state index contributed by atoms with van der Waals surface area (Å²) in [4.78, 5) is 19.4. The molecule has 0 bridgehead atoms. The largest absolute Gasteiger partial charge is 0.288 e. The lowest BCUT2D eigenvalue weighted by Gasteiger charge is -2.01. The van der Waals surface area contributed by atoms with Crippen LogP contribution in [0.3, 0.4) is 0 Å². The minimum Gasteiger partial charge on any atom is -0.288 e. The Bertz CT molecular complexity index is 526. The van der Waals surface area contributed by atoms with Crippen molar-refractivity contribution in [3.8, 4) is 0 Å². The molecule has 2 aromatic rings. The van der Waals surface area contributed by atoms with Crippen molar-refractivity contribution >= 4 is 5.78 Å². The zero-order valence-corrected chi connectivity index (χ0v) is 8.64. The van der Waals surface area contributed by atoms with Gasteiger partial charge < -0.3 is 0 Å². The lowest BCUT2D eigenvalue weighted by molar-refractivity contribution is 0.103. The maximum Gasteiger partial charge on any atom is 0.196 e. The van der Waals surface area contributed by atoms with Crippen LogP contribution in [0.25, 0.3) is 0 Å². The molecular weight excluding hydrogens is 207 g/mol. The number of benzene rings is 1. The number of nitrogens with zero attached hydrogens (tertiary/aromatic N) is 2. The first-order chi connectivity index (χ1) is 7.68. The highest BCUT2D eigenvalue weighted by molar-refractivity contribution is 6.08. The smallest absolute Gasteiger partial charge is 0.196 e. The van der Waals surface area contributed by atoms with E-state index in [-0.39, 0.29) is 11.6 Å². The molecule has 0 aliphatic heterocycles. The van der Waals surface area contributed by atoms with Gasteiger partial charge in [0.2, 0.25) is 0 Å². The first-order valence-corrected chi connectivity index (χ1v) is 4.74. The number of carbonyl (C=O) groups is 1. The number of ketones is 1. The van der Waals surface area contributed by atoms with Crippen LogP contribution in [0.4, 0.5) is 4.39 Å². The monoisotopic (exact) mass is 216 g/mol. The predicted molar refractivity (Wildman–Crippen MR) is 56.6 cm³/mol. The fraction of sp³-hybridized carbons (Fsp3) is 0.0833. The van der Waals surface area contributed by atoms with Crippen molar-refractivity contribution in [2.75, 3.05) is 0 Å². The second kappa shape index (κ2) is 4.18. The summed E-state index contributed by atoms with van der Waals surface area (Å²) in [6.07, 6.45) is 4.16. The van der Waals surface area contributed by atoms with Gasteiger partial charge in [-0.1, -0.05) is 12.1 Å². The van der Waals surface area contributed by atoms with Crippen LogP contribution in [0.5, 0.6) is 0 Å². The third kappa shape index (κ3) is 1.95. The van der Waals surface area contributed by atoms with Crippen molar-refractivity contribution in [1.29, 1.82) is 0 Å². The minimum atomic E-state index is -0.386. The molecule has 0 N–H and O–H groups in total. The van der Waals surface area contributed by atoms with Crippen LogP contribution in [0, 0.1) is 12.7 Å². The van der Waals surface area contributed by atoms with Crippen molar-refractivity contribution in [2.45, 2.75) is 6.92 Å². The highest BCUT2D eigenvalue weighted by atomic mass is 19.1. The molecule has 0 radical (unpaired) electrons. The number of hydrogen-bond acceptors (Lipinski definition) is 3. The summed E-state index contributed by atoms with van der Waals surface area (Å²) in [6, 6.07) is 4.39. The Morgan fingerprint density at radius 3 is 2.50 bits per heavy atom. The third-order valence-electron chi connectivity index (χ3n) is 2.26. The van der Waals surface area contributed by atoms with E-state index in [0.29, 0.717) is 16.7 Å². The second-order valence-electron chi connectivity index (χ2n) is 3.42. The standard InChI is InChI=1S/C12H9FN2O/c1-8-2-3-9(4-11(8)13)12(16)10-5-14-7-15-6-10/h2-7H,1H3. The van der Waals surface area contributed by atoms with Crippen LogP contribution in [-0.4, -0.2) is 15.8 Å². The molecule has 0 saturated carbocycles. The summed E-state index contributed by atoms with van der Waals surface area (Å²) >= 11 is 0. The number of carbonyl (C=O) groups excluding carboxylic acids is 1. The summed E-state index contributed by atoms with van der Waals surface area (Å²) in [5.74, 6) is -0.665. The predicted octanol–water partition coefficient (Wildman–Crippen LogP) is 2.16. The van der Waals surface area contributed by atoms with E-state index in [1.165, 1.54) is 24.8 Å². The highest BCUT2D eigenvalue weighted by Crippen LogP contribution is 2.12. The van der Waals surface area contributed by atoms with Crippen LogP contribution in [0.15, 0.2) is 36.9 Å². The maximum absolute atomic E-state index is 13.3. The van der Waals surface area contributed by atoms with E-state index >= 15 is 0 Å². The molecule has 3 nitrogen and oxygen atoms in total. The van der Waals surface area contributed by atoms with Crippen LogP contribution in [0.1, 0.15) is 21.5 Å². The molecule has 1 heterocycles. The molecule has 2 rings (SSSR count). The molecule has 0 unspecified atom stereocenters. The fourth-order valence-corrected chi connectivity index (χ4v) is 1.32. The first-order valence-electron chi connectivity index (χ1n) is 4.74. The Labute approximate surface area is 92.0 Å². The lowest BCUT2D eigenvalue weighted by atomic mass is 10.0. The Morgan fingerprint density at radius 2 is 1.88 bits per heavy atom. The molecule has 0 amide bonds. The number of aryl methyl sites for hydroxylation is 1. The maximum atomic E-state index is 13.3. The number of halogens is 1. The molecule has 0 aliphatic carbocycles. The molecule has 0 atom stereocenters. The molecule has 0 fully saturated rings. The molecular formula is C12H9FN2O. The normalized spacial score (nSPS) is 10.1. The van der Waals surface area contributed by atoms with Gasteiger partial charge in [-0.2, -0.15) is 0 Å². The summed E-state index contributed by atoms with van der Waals surface area (Å²) < 4.78 is 13.3. The van der Waals surface area contributed by atoms with Gasteiger partial charge in [-0.3, -0.25) is 4.79 Å². The molecule has 80 valence electrons. The number of hydrogen-bond donors (Lipinski definition) is 0. The van der Waals surface area contributed by atoms with E-state index in [4.69, 9.17) is 0 Å². The quantitative estimate of drug-likeness (QED) is 0.722. The SMILES string of the molecule is Cc1ccc(C(=O)c2cncnc2)cc1F. The fourth-order valence-electron chi connectivity index (χ4n) is 1.32. The molecule has 0 saturated heterocycles. The van der Waals surface area contributed by atoms with E-state index in [2.05, 4.69) is 9.97 Å². The molecule has 1 aromatic heterocycles.